The van der Waals surface area contributed by atoms with Gasteiger partial charge in [-0.3, -0.25) is 4.79 Å². The number of aromatic nitrogens is 4. The van der Waals surface area contributed by atoms with E-state index in [4.69, 9.17) is 4.98 Å². The molecule has 0 N–H and O–H groups in total. The van der Waals surface area contributed by atoms with Crippen molar-refractivity contribution >= 4 is 28.3 Å². The molecule has 1 atom stereocenters. The molecular formula is C19H21N5OS. The van der Waals surface area contributed by atoms with E-state index in [1.165, 1.54) is 0 Å². The minimum absolute atomic E-state index is 0.146. The fourth-order valence-electron chi connectivity index (χ4n) is 3.59. The van der Waals surface area contributed by atoms with Crippen molar-refractivity contribution in [2.45, 2.75) is 39.0 Å². The van der Waals surface area contributed by atoms with Crippen molar-refractivity contribution in [2.24, 2.45) is 0 Å². The van der Waals surface area contributed by atoms with Gasteiger partial charge in [-0.1, -0.05) is 0 Å². The average molecular weight is 367 g/mol. The van der Waals surface area contributed by atoms with Gasteiger partial charge in [0.2, 0.25) is 5.91 Å². The molecule has 1 amide bonds. The zero-order valence-corrected chi connectivity index (χ0v) is 15.8. The number of aryl methyl sites for hydroxylation is 2. The summed E-state index contributed by atoms with van der Waals surface area (Å²) in [5, 5.41) is 3.97. The molecule has 134 valence electrons. The molecule has 0 spiro atoms. The van der Waals surface area contributed by atoms with Gasteiger partial charge in [-0.25, -0.2) is 19.9 Å². The molecule has 0 bridgehead atoms. The highest BCUT2D eigenvalue weighted by atomic mass is 32.1. The van der Waals surface area contributed by atoms with Crippen LogP contribution in [0.2, 0.25) is 0 Å². The van der Waals surface area contributed by atoms with E-state index >= 15 is 0 Å². The van der Waals surface area contributed by atoms with E-state index in [0.717, 1.165) is 52.6 Å². The maximum Gasteiger partial charge on any atom is 0.228 e. The fourth-order valence-corrected chi connectivity index (χ4v) is 4.21. The third-order valence-corrected chi connectivity index (χ3v) is 5.59. The number of thiazole rings is 1. The smallest absolute Gasteiger partial charge is 0.228 e. The number of hydrogen-bond donors (Lipinski definition) is 0. The Morgan fingerprint density at radius 2 is 2.19 bits per heavy atom. The lowest BCUT2D eigenvalue weighted by Crippen LogP contribution is -2.40. The molecule has 4 heterocycles. The molecule has 0 aliphatic carbocycles. The standard InChI is InChI=1S/C19H21N5OS/c1-12-21-18(16-6-3-7-20-19(16)22-12)14-5-4-8-24(10-14)17(25)9-15-11-26-13(2)23-15/h3,6-7,11,14H,4-5,8-10H2,1-2H3/t14-/m1/s1. The van der Waals surface area contributed by atoms with Crippen LogP contribution < -0.4 is 0 Å². The summed E-state index contributed by atoms with van der Waals surface area (Å²) in [7, 11) is 0. The van der Waals surface area contributed by atoms with Gasteiger partial charge in [0.25, 0.3) is 0 Å². The Balaban J connectivity index is 1.56. The highest BCUT2D eigenvalue weighted by Gasteiger charge is 2.27. The molecule has 0 saturated carbocycles. The first-order valence-corrected chi connectivity index (χ1v) is 9.76. The number of piperidine rings is 1. The monoisotopic (exact) mass is 367 g/mol. The fraction of sp³-hybridized carbons (Fsp3) is 0.421. The zero-order valence-electron chi connectivity index (χ0n) is 15.0. The van der Waals surface area contributed by atoms with Crippen molar-refractivity contribution in [1.82, 2.24) is 24.8 Å². The van der Waals surface area contributed by atoms with Crippen LogP contribution in [0.3, 0.4) is 0 Å². The minimum atomic E-state index is 0.146. The molecule has 1 fully saturated rings. The van der Waals surface area contributed by atoms with Crippen LogP contribution in [0.25, 0.3) is 11.0 Å². The predicted molar refractivity (Wildman–Crippen MR) is 101 cm³/mol. The van der Waals surface area contributed by atoms with E-state index in [2.05, 4.69) is 15.0 Å². The number of hydrogen-bond acceptors (Lipinski definition) is 6. The third kappa shape index (κ3) is 3.44. The SMILES string of the molecule is Cc1nc([C@@H]2CCCN(C(=O)Cc3csc(C)n3)C2)c2cccnc2n1. The summed E-state index contributed by atoms with van der Waals surface area (Å²) in [5.74, 6) is 1.10. The lowest BCUT2D eigenvalue weighted by atomic mass is 9.92. The van der Waals surface area contributed by atoms with Crippen LogP contribution >= 0.6 is 11.3 Å². The van der Waals surface area contributed by atoms with Gasteiger partial charge in [-0.2, -0.15) is 0 Å². The molecule has 0 aromatic carbocycles. The Morgan fingerprint density at radius 1 is 1.31 bits per heavy atom. The second kappa shape index (κ2) is 7.07. The van der Waals surface area contributed by atoms with Gasteiger partial charge < -0.3 is 4.90 Å². The molecule has 0 radical (unpaired) electrons. The summed E-state index contributed by atoms with van der Waals surface area (Å²) >= 11 is 1.59. The maximum atomic E-state index is 12.7. The summed E-state index contributed by atoms with van der Waals surface area (Å²) in [6.07, 6.45) is 4.14. The first kappa shape index (κ1) is 17.0. The molecule has 1 aliphatic rings. The lowest BCUT2D eigenvalue weighted by molar-refractivity contribution is -0.131. The number of amides is 1. The first-order chi connectivity index (χ1) is 12.6. The summed E-state index contributed by atoms with van der Waals surface area (Å²) < 4.78 is 0. The van der Waals surface area contributed by atoms with E-state index in [9.17, 15) is 4.79 Å². The van der Waals surface area contributed by atoms with Crippen LogP contribution in [-0.4, -0.2) is 43.8 Å². The van der Waals surface area contributed by atoms with Crippen LogP contribution in [0.1, 0.15) is 41.0 Å². The quantitative estimate of drug-likeness (QED) is 0.711. The zero-order chi connectivity index (χ0) is 18.1. The van der Waals surface area contributed by atoms with Crippen molar-refractivity contribution in [1.29, 1.82) is 0 Å². The first-order valence-electron chi connectivity index (χ1n) is 8.88. The number of fused-ring (bicyclic) bond motifs is 1. The summed E-state index contributed by atoms with van der Waals surface area (Å²) in [6.45, 7) is 5.36. The molecule has 3 aromatic rings. The second-order valence-corrected chi connectivity index (χ2v) is 7.81. The number of nitrogens with zero attached hydrogens (tertiary/aromatic N) is 5. The topological polar surface area (TPSA) is 71.9 Å². The lowest BCUT2D eigenvalue weighted by Gasteiger charge is -2.33. The van der Waals surface area contributed by atoms with Gasteiger partial charge in [0.15, 0.2) is 5.65 Å². The Morgan fingerprint density at radius 3 is 3.00 bits per heavy atom. The Hall–Kier alpha value is -2.41. The second-order valence-electron chi connectivity index (χ2n) is 6.74. The molecular weight excluding hydrogens is 346 g/mol. The van der Waals surface area contributed by atoms with Crippen molar-refractivity contribution in [3.05, 3.63) is 45.9 Å². The molecule has 7 heteroatoms. The van der Waals surface area contributed by atoms with E-state index in [0.29, 0.717) is 13.0 Å². The van der Waals surface area contributed by atoms with Crippen LogP contribution in [-0.2, 0) is 11.2 Å². The van der Waals surface area contributed by atoms with Crippen LogP contribution in [0, 0.1) is 13.8 Å². The number of pyridine rings is 1. The normalized spacial score (nSPS) is 17.6. The van der Waals surface area contributed by atoms with Gasteiger partial charge in [-0.05, 0) is 38.8 Å². The number of carbonyl (C=O) groups excluding carboxylic acids is 1. The largest absolute Gasteiger partial charge is 0.342 e. The van der Waals surface area contributed by atoms with Gasteiger partial charge in [-0.15, -0.1) is 11.3 Å². The van der Waals surface area contributed by atoms with E-state index in [1.54, 1.807) is 17.5 Å². The number of carbonyl (C=O) groups is 1. The van der Waals surface area contributed by atoms with Crippen molar-refractivity contribution in [3.63, 3.8) is 0 Å². The summed E-state index contributed by atoms with van der Waals surface area (Å²) in [4.78, 5) is 32.6. The molecule has 26 heavy (non-hydrogen) atoms. The molecule has 1 saturated heterocycles. The van der Waals surface area contributed by atoms with Gasteiger partial charge in [0, 0.05) is 36.0 Å². The van der Waals surface area contributed by atoms with Gasteiger partial charge in [0.05, 0.1) is 22.8 Å². The molecule has 0 unspecified atom stereocenters. The van der Waals surface area contributed by atoms with Crippen LogP contribution in [0.4, 0.5) is 0 Å². The molecule has 3 aromatic heterocycles. The van der Waals surface area contributed by atoms with Gasteiger partial charge >= 0.3 is 0 Å². The summed E-state index contributed by atoms with van der Waals surface area (Å²) in [5.41, 5.74) is 2.62. The number of rotatable bonds is 3. The van der Waals surface area contributed by atoms with E-state index in [-0.39, 0.29) is 11.8 Å². The van der Waals surface area contributed by atoms with Gasteiger partial charge in [0.1, 0.15) is 5.82 Å². The predicted octanol–water partition coefficient (Wildman–Crippen LogP) is 3.05. The highest BCUT2D eigenvalue weighted by Crippen LogP contribution is 2.30. The third-order valence-electron chi connectivity index (χ3n) is 4.77. The Bertz CT molecular complexity index is 954. The Kier molecular flexibility index (Phi) is 4.63. The summed E-state index contributed by atoms with van der Waals surface area (Å²) in [6, 6.07) is 3.94. The highest BCUT2D eigenvalue weighted by molar-refractivity contribution is 7.09. The molecule has 6 nitrogen and oxygen atoms in total. The van der Waals surface area contributed by atoms with Crippen molar-refractivity contribution in [2.75, 3.05) is 13.1 Å². The van der Waals surface area contributed by atoms with E-state index < -0.39 is 0 Å². The van der Waals surface area contributed by atoms with Crippen LogP contribution in [0.15, 0.2) is 23.7 Å². The van der Waals surface area contributed by atoms with Crippen LogP contribution in [0.5, 0.6) is 0 Å². The maximum absolute atomic E-state index is 12.7. The average Bonchev–Trinajstić information content (AvgIpc) is 3.05. The molecule has 4 rings (SSSR count). The van der Waals surface area contributed by atoms with Crippen molar-refractivity contribution < 1.29 is 4.79 Å². The van der Waals surface area contributed by atoms with E-state index in [1.807, 2.05) is 36.3 Å². The Labute approximate surface area is 156 Å². The van der Waals surface area contributed by atoms with Crippen molar-refractivity contribution in [3.8, 4) is 0 Å². The minimum Gasteiger partial charge on any atom is -0.342 e. The molecule has 1 aliphatic heterocycles. The number of likely N-dealkylation sites (tertiary alicyclic amines) is 1.